The molecule has 2 aromatic heterocycles. The van der Waals surface area contributed by atoms with Gasteiger partial charge < -0.3 is 24.8 Å². The Bertz CT molecular complexity index is 1260. The molecule has 1 amide bonds. The molecule has 1 unspecified atom stereocenters. The third kappa shape index (κ3) is 7.78. The quantitative estimate of drug-likeness (QED) is 0.317. The molecule has 0 bridgehead atoms. The van der Waals surface area contributed by atoms with E-state index >= 15 is 0 Å². The van der Waals surface area contributed by atoms with Crippen molar-refractivity contribution in [3.05, 3.63) is 40.9 Å². The van der Waals surface area contributed by atoms with Gasteiger partial charge >= 0.3 is 6.09 Å². The van der Waals surface area contributed by atoms with Crippen molar-refractivity contribution in [2.75, 3.05) is 38.2 Å². The van der Waals surface area contributed by atoms with Crippen molar-refractivity contribution >= 4 is 22.7 Å². The van der Waals surface area contributed by atoms with Crippen molar-refractivity contribution in [2.24, 2.45) is 0 Å². The van der Waals surface area contributed by atoms with Gasteiger partial charge in [-0.25, -0.2) is 14.6 Å². The number of carbonyl (C=O) groups is 1. The summed E-state index contributed by atoms with van der Waals surface area (Å²) in [4.78, 5) is 23.6. The van der Waals surface area contributed by atoms with Crippen molar-refractivity contribution < 1.29 is 19.0 Å². The number of ether oxygens (including phenoxy) is 3. The number of aromatic nitrogens is 4. The SMILES string of the molecule is CC(C)(C)OC(=O)NCCCCOCCNc1cc(-c2cn[nH]c(=O)c2)cc2c1cnn2C1CCCCO1. The van der Waals surface area contributed by atoms with Crippen LogP contribution in [-0.2, 0) is 14.2 Å². The zero-order chi connectivity index (χ0) is 27.0. The molecule has 4 rings (SSSR count). The van der Waals surface area contributed by atoms with Gasteiger partial charge in [-0.05, 0) is 70.6 Å². The molecule has 1 aromatic carbocycles. The molecule has 0 aliphatic carbocycles. The third-order valence-corrected chi connectivity index (χ3v) is 6.09. The number of unbranched alkanes of at least 4 members (excludes halogenated alkanes) is 1. The highest BCUT2D eigenvalue weighted by atomic mass is 16.6. The number of H-pyrrole nitrogens is 1. The Morgan fingerprint density at radius 3 is 2.76 bits per heavy atom. The first kappa shape index (κ1) is 27.6. The van der Waals surface area contributed by atoms with Crippen LogP contribution in [0.3, 0.4) is 0 Å². The summed E-state index contributed by atoms with van der Waals surface area (Å²) in [6.45, 7) is 8.52. The van der Waals surface area contributed by atoms with Gasteiger partial charge in [0.2, 0.25) is 0 Å². The number of fused-ring (bicyclic) bond motifs is 1. The third-order valence-electron chi connectivity index (χ3n) is 6.09. The highest BCUT2D eigenvalue weighted by Gasteiger charge is 2.20. The van der Waals surface area contributed by atoms with E-state index in [-0.39, 0.29) is 11.8 Å². The molecule has 0 spiro atoms. The van der Waals surface area contributed by atoms with E-state index in [0.717, 1.165) is 66.4 Å². The largest absolute Gasteiger partial charge is 0.444 e. The molecule has 3 heterocycles. The van der Waals surface area contributed by atoms with E-state index in [4.69, 9.17) is 14.2 Å². The number of hydrogen-bond donors (Lipinski definition) is 3. The van der Waals surface area contributed by atoms with E-state index < -0.39 is 11.7 Å². The van der Waals surface area contributed by atoms with Crippen molar-refractivity contribution in [3.8, 4) is 11.1 Å². The lowest BCUT2D eigenvalue weighted by Crippen LogP contribution is -2.33. The number of nitrogens with one attached hydrogen (secondary N) is 3. The minimum absolute atomic E-state index is 0.102. The number of rotatable bonds is 11. The molecule has 1 fully saturated rings. The number of aromatic amines is 1. The average molecular weight is 527 g/mol. The average Bonchev–Trinajstić information content (AvgIpc) is 3.31. The van der Waals surface area contributed by atoms with Crippen molar-refractivity contribution in [1.29, 1.82) is 0 Å². The van der Waals surface area contributed by atoms with Crippen molar-refractivity contribution in [1.82, 2.24) is 25.3 Å². The fourth-order valence-electron chi connectivity index (χ4n) is 4.33. The first-order valence-electron chi connectivity index (χ1n) is 13.3. The number of alkyl carbamates (subject to hydrolysis) is 1. The maximum absolute atomic E-state index is 11.9. The first-order valence-corrected chi connectivity index (χ1v) is 13.3. The predicted molar refractivity (Wildman–Crippen MR) is 145 cm³/mol. The van der Waals surface area contributed by atoms with Crippen LogP contribution in [0.15, 0.2) is 35.4 Å². The van der Waals surface area contributed by atoms with Crippen molar-refractivity contribution in [2.45, 2.75) is 64.7 Å². The summed E-state index contributed by atoms with van der Waals surface area (Å²) in [5, 5.41) is 18.2. The van der Waals surface area contributed by atoms with Crippen LogP contribution in [0.5, 0.6) is 0 Å². The summed E-state index contributed by atoms with van der Waals surface area (Å²) in [7, 11) is 0. The standard InChI is InChI=1S/C27H38N6O5/c1-27(2,3)38-26(35)29-9-5-7-11-36-13-10-28-22-14-19(20-16-24(34)32-30-17-20)15-23-21(22)18-31-33(23)25-8-4-6-12-37-25/h14-18,25,28H,4-13H2,1-3H3,(H,29,35)(H,32,34). The van der Waals surface area contributed by atoms with Crippen LogP contribution in [-0.4, -0.2) is 64.6 Å². The van der Waals surface area contributed by atoms with Gasteiger partial charge in [0, 0.05) is 49.0 Å². The van der Waals surface area contributed by atoms with Gasteiger partial charge in [0.15, 0.2) is 6.23 Å². The summed E-state index contributed by atoms with van der Waals surface area (Å²) >= 11 is 0. The normalized spacial score (nSPS) is 15.9. The van der Waals surface area contributed by atoms with Gasteiger partial charge in [-0.1, -0.05) is 0 Å². The fourth-order valence-corrected chi connectivity index (χ4v) is 4.33. The molecule has 3 aromatic rings. The smallest absolute Gasteiger partial charge is 0.407 e. The molecule has 1 saturated heterocycles. The Kier molecular flexibility index (Phi) is 9.35. The summed E-state index contributed by atoms with van der Waals surface area (Å²) < 4.78 is 18.9. The Hall–Kier alpha value is -3.44. The van der Waals surface area contributed by atoms with Crippen LogP contribution < -0.4 is 16.2 Å². The molecule has 0 radical (unpaired) electrons. The van der Waals surface area contributed by atoms with Crippen LogP contribution >= 0.6 is 0 Å². The second-order valence-electron chi connectivity index (χ2n) is 10.4. The zero-order valence-corrected chi connectivity index (χ0v) is 22.4. The monoisotopic (exact) mass is 526 g/mol. The fraction of sp³-hybridized carbons (Fsp3) is 0.556. The molecular weight excluding hydrogens is 488 g/mol. The minimum Gasteiger partial charge on any atom is -0.444 e. The number of amides is 1. The van der Waals surface area contributed by atoms with Gasteiger partial charge in [0.1, 0.15) is 5.60 Å². The lowest BCUT2D eigenvalue weighted by Gasteiger charge is -2.23. The Morgan fingerprint density at radius 1 is 1.13 bits per heavy atom. The molecule has 38 heavy (non-hydrogen) atoms. The molecule has 206 valence electrons. The second kappa shape index (κ2) is 12.9. The summed E-state index contributed by atoms with van der Waals surface area (Å²) in [6.07, 6.45) is 7.72. The lowest BCUT2D eigenvalue weighted by molar-refractivity contribution is -0.0366. The lowest BCUT2D eigenvalue weighted by atomic mass is 10.0. The van der Waals surface area contributed by atoms with Crippen LogP contribution in [0.4, 0.5) is 10.5 Å². The highest BCUT2D eigenvalue weighted by Crippen LogP contribution is 2.33. The molecule has 11 nitrogen and oxygen atoms in total. The molecule has 1 atom stereocenters. The van der Waals surface area contributed by atoms with Crippen molar-refractivity contribution in [3.63, 3.8) is 0 Å². The second-order valence-corrected chi connectivity index (χ2v) is 10.4. The summed E-state index contributed by atoms with van der Waals surface area (Å²) in [6, 6.07) is 5.58. The first-order chi connectivity index (χ1) is 18.3. The van der Waals surface area contributed by atoms with Gasteiger partial charge in [-0.15, -0.1) is 0 Å². The molecule has 0 saturated carbocycles. The maximum Gasteiger partial charge on any atom is 0.407 e. The number of hydrogen-bond acceptors (Lipinski definition) is 8. The van der Waals surface area contributed by atoms with Crippen LogP contribution in [0.2, 0.25) is 0 Å². The van der Waals surface area contributed by atoms with Crippen LogP contribution in [0.1, 0.15) is 59.1 Å². The minimum atomic E-state index is -0.497. The Balaban J connectivity index is 1.33. The van der Waals surface area contributed by atoms with Gasteiger partial charge in [0.05, 0.1) is 24.5 Å². The van der Waals surface area contributed by atoms with Gasteiger partial charge in [-0.2, -0.15) is 10.2 Å². The van der Waals surface area contributed by atoms with E-state index in [1.165, 1.54) is 6.07 Å². The van der Waals surface area contributed by atoms with E-state index in [1.54, 1.807) is 6.20 Å². The maximum atomic E-state index is 11.9. The van der Waals surface area contributed by atoms with Gasteiger partial charge in [0.25, 0.3) is 5.56 Å². The van der Waals surface area contributed by atoms with E-state index in [0.29, 0.717) is 26.3 Å². The summed E-state index contributed by atoms with van der Waals surface area (Å²) in [5.74, 6) is 0. The Morgan fingerprint density at radius 2 is 2.00 bits per heavy atom. The Labute approximate surface area is 222 Å². The van der Waals surface area contributed by atoms with Gasteiger partial charge in [-0.3, -0.25) is 4.79 Å². The molecule has 1 aliphatic heterocycles. The topological polar surface area (TPSA) is 132 Å². The van der Waals surface area contributed by atoms with E-state index in [2.05, 4.69) is 25.9 Å². The molecular formula is C27H38N6O5. The van der Waals surface area contributed by atoms with Crippen LogP contribution in [0.25, 0.3) is 22.0 Å². The number of benzene rings is 1. The molecule has 11 heteroatoms. The number of nitrogens with zero attached hydrogens (tertiary/aromatic N) is 3. The number of anilines is 1. The zero-order valence-electron chi connectivity index (χ0n) is 22.4. The van der Waals surface area contributed by atoms with Crippen LogP contribution in [0, 0.1) is 0 Å². The number of carbonyl (C=O) groups excluding carboxylic acids is 1. The molecule has 3 N–H and O–H groups in total. The predicted octanol–water partition coefficient (Wildman–Crippen LogP) is 4.22. The molecule has 1 aliphatic rings. The highest BCUT2D eigenvalue weighted by molar-refractivity contribution is 5.95. The van der Waals surface area contributed by atoms with E-state index in [1.807, 2.05) is 43.8 Å². The van der Waals surface area contributed by atoms with E-state index in [9.17, 15) is 9.59 Å². The summed E-state index contributed by atoms with van der Waals surface area (Å²) in [5.41, 5.74) is 2.70.